The minimum atomic E-state index is -0.927. The highest BCUT2D eigenvalue weighted by Gasteiger charge is 2.72. The molecule has 3 aliphatic rings. The largest absolute Gasteiger partial charge is 0.465 e. The van der Waals surface area contributed by atoms with Crippen LogP contribution in [-0.4, -0.2) is 82.6 Å². The minimum Gasteiger partial charge on any atom is -0.465 e. The number of amides is 1. The van der Waals surface area contributed by atoms with Gasteiger partial charge in [-0.3, -0.25) is 4.90 Å². The number of ether oxygens (including phenoxy) is 3. The van der Waals surface area contributed by atoms with Crippen LogP contribution < -0.4 is 5.32 Å². The molecule has 2 saturated heterocycles. The first-order chi connectivity index (χ1) is 16.6. The van der Waals surface area contributed by atoms with E-state index in [2.05, 4.69) is 56.2 Å². The summed E-state index contributed by atoms with van der Waals surface area (Å²) in [5, 5.41) is 23.5. The van der Waals surface area contributed by atoms with Gasteiger partial charge in [-0.2, -0.15) is 0 Å². The Morgan fingerprint density at radius 2 is 2.11 bits per heavy atom. The molecule has 0 bridgehead atoms. The van der Waals surface area contributed by atoms with Crippen LogP contribution in [0.4, 0.5) is 9.93 Å². The maximum atomic E-state index is 12.8. The number of methoxy groups -OCH3 is 1. The van der Waals surface area contributed by atoms with Gasteiger partial charge in [0.05, 0.1) is 30.5 Å². The Morgan fingerprint density at radius 3 is 2.63 bits per heavy atom. The lowest BCUT2D eigenvalue weighted by molar-refractivity contribution is -0.101. The van der Waals surface area contributed by atoms with Crippen LogP contribution in [0, 0.1) is 11.8 Å². The Labute approximate surface area is 212 Å². The summed E-state index contributed by atoms with van der Waals surface area (Å²) in [6, 6.07) is -0.552. The van der Waals surface area contributed by atoms with Crippen LogP contribution in [0.5, 0.6) is 0 Å². The molecule has 1 aromatic rings. The zero-order valence-corrected chi connectivity index (χ0v) is 22.7. The molecule has 7 atom stereocenters. The van der Waals surface area contributed by atoms with Crippen LogP contribution in [0.15, 0.2) is 11.6 Å². The smallest absolute Gasteiger partial charge is 0.407 e. The monoisotopic (exact) mass is 508 g/mol. The van der Waals surface area contributed by atoms with Crippen LogP contribution in [0.25, 0.3) is 0 Å². The molecule has 3 fully saturated rings. The zero-order chi connectivity index (χ0) is 25.5. The maximum Gasteiger partial charge on any atom is 0.407 e. The molecule has 2 aliphatic heterocycles. The summed E-state index contributed by atoms with van der Waals surface area (Å²) >= 11 is 1.46. The van der Waals surface area contributed by atoms with E-state index in [0.717, 1.165) is 23.0 Å². The van der Waals surface area contributed by atoms with Gasteiger partial charge in [0.15, 0.2) is 0 Å². The lowest BCUT2D eigenvalue weighted by atomic mass is 9.67. The fourth-order valence-corrected chi connectivity index (χ4v) is 6.80. The summed E-state index contributed by atoms with van der Waals surface area (Å²) in [6.07, 6.45) is 3.88. The summed E-state index contributed by atoms with van der Waals surface area (Å²) < 4.78 is 18.5. The first-order valence-electron chi connectivity index (χ1n) is 12.6. The normalized spacial score (nSPS) is 34.5. The van der Waals surface area contributed by atoms with Gasteiger partial charge in [0.25, 0.3) is 0 Å². The van der Waals surface area contributed by atoms with E-state index < -0.39 is 11.7 Å². The first kappa shape index (κ1) is 26.3. The van der Waals surface area contributed by atoms with Gasteiger partial charge in [0.2, 0.25) is 5.13 Å². The Morgan fingerprint density at radius 1 is 1.40 bits per heavy atom. The number of epoxide rings is 2. The van der Waals surface area contributed by atoms with Crippen LogP contribution in [0.3, 0.4) is 0 Å². The van der Waals surface area contributed by atoms with Crippen molar-refractivity contribution in [1.82, 2.24) is 15.1 Å². The van der Waals surface area contributed by atoms with E-state index in [1.165, 1.54) is 16.9 Å². The van der Waals surface area contributed by atoms with Gasteiger partial charge in [-0.15, -0.1) is 10.2 Å². The summed E-state index contributed by atoms with van der Waals surface area (Å²) in [7, 11) is 3.50. The molecular weight excluding hydrogens is 468 g/mol. The number of hydrogen-bond donors (Lipinski definition) is 2. The van der Waals surface area contributed by atoms with Crippen molar-refractivity contribution in [3.05, 3.63) is 16.7 Å². The summed E-state index contributed by atoms with van der Waals surface area (Å²) in [5.74, 6) is 0.0524. The summed E-state index contributed by atoms with van der Waals surface area (Å²) in [6.45, 7) is 11.1. The highest BCUT2D eigenvalue weighted by molar-refractivity contribution is 7.15. The van der Waals surface area contributed by atoms with Crippen LogP contribution in [0.2, 0.25) is 0 Å². The molecule has 35 heavy (non-hydrogen) atoms. The summed E-state index contributed by atoms with van der Waals surface area (Å²) in [4.78, 5) is 14.4. The third-order valence-corrected chi connectivity index (χ3v) is 8.99. The fraction of sp³-hybridized carbons (Fsp3) is 0.800. The molecule has 0 unspecified atom stereocenters. The average Bonchev–Trinajstić information content (AvgIpc) is 3.66. The van der Waals surface area contributed by atoms with Gasteiger partial charge >= 0.3 is 6.09 Å². The summed E-state index contributed by atoms with van der Waals surface area (Å²) in [5.41, 5.74) is 0.574. The van der Waals surface area contributed by atoms with Crippen molar-refractivity contribution < 1.29 is 24.1 Å². The van der Waals surface area contributed by atoms with Gasteiger partial charge < -0.3 is 24.6 Å². The first-order valence-corrected chi connectivity index (χ1v) is 13.4. The Balaban J connectivity index is 1.63. The number of aromatic nitrogens is 2. The standard InChI is InChI=1S/C25H40N4O5S/c1-14(2)8-9-18-24(5,34-18)21-20(32-7)16(10-11-25(21)13-33-25)29(23(30)31)17(15(3)4)12-19-27-28-22(26-6)35-19/h8,15-18,20-21H,9-13H2,1-7H3,(H,26,28)(H,30,31)/t16-,17+,18-,20-,21-,24+,25+/m1/s1. The number of nitrogens with zero attached hydrogens (tertiary/aromatic N) is 3. The number of hydrogen-bond acceptors (Lipinski definition) is 8. The third kappa shape index (κ3) is 5.08. The molecule has 1 aliphatic carbocycles. The Kier molecular flexibility index (Phi) is 7.48. The molecule has 10 heteroatoms. The predicted molar refractivity (Wildman–Crippen MR) is 135 cm³/mol. The van der Waals surface area contributed by atoms with Crippen molar-refractivity contribution in [1.29, 1.82) is 0 Å². The SMILES string of the molecule is CNc1nnc(C[C@@H](C(C)C)N(C(=O)O)[C@@H]2CC[C@]3(CO3)[C@@H]([C@@]3(C)O[C@@H]3CC=C(C)C)[C@@H]2OC)s1. The fourth-order valence-electron chi connectivity index (χ4n) is 6.06. The van der Waals surface area contributed by atoms with Crippen LogP contribution in [0.1, 0.15) is 58.9 Å². The van der Waals surface area contributed by atoms with Gasteiger partial charge in [-0.05, 0) is 46.0 Å². The molecule has 1 aromatic heterocycles. The third-order valence-electron chi connectivity index (χ3n) is 8.03. The quantitative estimate of drug-likeness (QED) is 0.357. The lowest BCUT2D eigenvalue weighted by Gasteiger charge is -2.49. The molecule has 2 N–H and O–H groups in total. The van der Waals surface area contributed by atoms with Gasteiger partial charge in [-0.25, -0.2) is 4.79 Å². The molecule has 196 valence electrons. The number of anilines is 1. The van der Waals surface area contributed by atoms with Gasteiger partial charge in [0.1, 0.15) is 10.6 Å². The van der Waals surface area contributed by atoms with Crippen molar-refractivity contribution in [2.24, 2.45) is 11.8 Å². The molecule has 0 aromatic carbocycles. The maximum absolute atomic E-state index is 12.8. The molecule has 1 spiro atoms. The molecule has 4 rings (SSSR count). The molecule has 3 heterocycles. The van der Waals surface area contributed by atoms with Gasteiger partial charge in [0, 0.05) is 32.5 Å². The van der Waals surface area contributed by atoms with Crippen LogP contribution >= 0.6 is 11.3 Å². The van der Waals surface area contributed by atoms with Gasteiger partial charge in [-0.1, -0.05) is 36.8 Å². The number of carbonyl (C=O) groups is 1. The molecular formula is C25H40N4O5S. The van der Waals surface area contributed by atoms with E-state index in [0.29, 0.717) is 19.4 Å². The van der Waals surface area contributed by atoms with Crippen molar-refractivity contribution in [2.45, 2.75) is 95.8 Å². The number of rotatable bonds is 10. The Bertz CT molecular complexity index is 944. The van der Waals surface area contributed by atoms with E-state index in [1.807, 2.05) is 0 Å². The van der Waals surface area contributed by atoms with E-state index in [1.54, 1.807) is 19.1 Å². The van der Waals surface area contributed by atoms with E-state index in [-0.39, 0.29) is 41.7 Å². The second-order valence-corrected chi connectivity index (χ2v) is 12.0. The Hall–Kier alpha value is -1.75. The zero-order valence-electron chi connectivity index (χ0n) is 21.9. The average molecular weight is 509 g/mol. The van der Waals surface area contributed by atoms with Crippen molar-refractivity contribution in [3.8, 4) is 0 Å². The minimum absolute atomic E-state index is 0.0404. The topological polar surface area (TPSA) is 113 Å². The van der Waals surface area contributed by atoms with Crippen LogP contribution in [-0.2, 0) is 20.6 Å². The second-order valence-electron chi connectivity index (χ2n) is 10.9. The van der Waals surface area contributed by atoms with Crippen molar-refractivity contribution in [3.63, 3.8) is 0 Å². The second kappa shape index (κ2) is 9.95. The lowest BCUT2D eigenvalue weighted by Crippen LogP contribution is -2.63. The highest BCUT2D eigenvalue weighted by atomic mass is 32.1. The molecule has 9 nitrogen and oxygen atoms in total. The van der Waals surface area contributed by atoms with E-state index in [4.69, 9.17) is 14.2 Å². The van der Waals surface area contributed by atoms with Crippen molar-refractivity contribution >= 4 is 22.6 Å². The number of nitrogens with one attached hydrogen (secondary N) is 1. The predicted octanol–water partition coefficient (Wildman–Crippen LogP) is 4.20. The number of carboxylic acid groups (broad SMARTS) is 1. The van der Waals surface area contributed by atoms with E-state index in [9.17, 15) is 9.90 Å². The highest BCUT2D eigenvalue weighted by Crippen LogP contribution is 2.60. The molecule has 1 amide bonds. The van der Waals surface area contributed by atoms with E-state index >= 15 is 0 Å². The molecule has 1 saturated carbocycles. The van der Waals surface area contributed by atoms with Crippen molar-refractivity contribution in [2.75, 3.05) is 26.1 Å². The number of allylic oxidation sites excluding steroid dienone is 1. The molecule has 0 radical (unpaired) electrons.